The zero-order valence-corrected chi connectivity index (χ0v) is 14.4. The summed E-state index contributed by atoms with van der Waals surface area (Å²) in [5.41, 5.74) is 0.477. The number of anilines is 1. The van der Waals surface area contributed by atoms with Gasteiger partial charge in [-0.15, -0.1) is 11.3 Å². The second-order valence-electron chi connectivity index (χ2n) is 4.69. The molecule has 0 spiro atoms. The van der Waals surface area contributed by atoms with Crippen LogP contribution in [0.2, 0.25) is 5.02 Å². The molecule has 0 radical (unpaired) electrons. The maximum absolute atomic E-state index is 12.0. The first-order valence-corrected chi connectivity index (χ1v) is 8.26. The fourth-order valence-corrected chi connectivity index (χ4v) is 2.91. The molecule has 1 aromatic heterocycles. The number of aryl methyl sites for hydroxylation is 1. The molecule has 7 heteroatoms. The topological polar surface area (TPSA) is 67.4 Å². The Labute approximate surface area is 143 Å². The molecule has 0 saturated heterocycles. The maximum Gasteiger partial charge on any atom is 0.261 e. The van der Waals surface area contributed by atoms with Crippen LogP contribution in [0.25, 0.3) is 0 Å². The SMILES string of the molecule is CCOc1c(Cl)cccc1NC(=O)CNC(=O)c1ccc(C)s1. The van der Waals surface area contributed by atoms with E-state index in [4.69, 9.17) is 16.3 Å². The number of nitrogens with one attached hydrogen (secondary N) is 2. The summed E-state index contributed by atoms with van der Waals surface area (Å²) in [4.78, 5) is 25.5. The minimum absolute atomic E-state index is 0.131. The molecule has 0 aliphatic carbocycles. The molecule has 0 fully saturated rings. The smallest absolute Gasteiger partial charge is 0.261 e. The molecule has 1 heterocycles. The lowest BCUT2D eigenvalue weighted by Crippen LogP contribution is -2.32. The minimum atomic E-state index is -0.352. The molecule has 0 bridgehead atoms. The van der Waals surface area contributed by atoms with Gasteiger partial charge in [-0.25, -0.2) is 0 Å². The minimum Gasteiger partial charge on any atom is -0.490 e. The second kappa shape index (κ2) is 7.99. The van der Waals surface area contributed by atoms with E-state index >= 15 is 0 Å². The standard InChI is InChI=1S/C16H17ClN2O3S/c1-3-22-15-11(17)5-4-6-12(15)19-14(20)9-18-16(21)13-8-7-10(2)23-13/h4-8H,3,9H2,1-2H3,(H,18,21)(H,19,20). The molecule has 0 saturated carbocycles. The zero-order valence-electron chi connectivity index (χ0n) is 12.8. The van der Waals surface area contributed by atoms with Crippen LogP contribution in [0, 0.1) is 6.92 Å². The van der Waals surface area contributed by atoms with Crippen molar-refractivity contribution >= 4 is 40.4 Å². The average molecular weight is 353 g/mol. The number of hydrogen-bond donors (Lipinski definition) is 2. The van der Waals surface area contributed by atoms with E-state index in [-0.39, 0.29) is 18.4 Å². The van der Waals surface area contributed by atoms with E-state index < -0.39 is 0 Å². The molecule has 2 aromatic rings. The Morgan fingerprint density at radius 1 is 1.26 bits per heavy atom. The van der Waals surface area contributed by atoms with Crippen LogP contribution < -0.4 is 15.4 Å². The zero-order chi connectivity index (χ0) is 16.8. The average Bonchev–Trinajstić information content (AvgIpc) is 2.95. The summed E-state index contributed by atoms with van der Waals surface area (Å²) in [5.74, 6) is -0.200. The fourth-order valence-electron chi connectivity index (χ4n) is 1.90. The number of ether oxygens (including phenoxy) is 1. The summed E-state index contributed by atoms with van der Waals surface area (Å²) in [7, 11) is 0. The number of hydrogen-bond acceptors (Lipinski definition) is 4. The lowest BCUT2D eigenvalue weighted by Gasteiger charge is -2.13. The molecule has 2 rings (SSSR count). The van der Waals surface area contributed by atoms with Gasteiger partial charge in [0.25, 0.3) is 5.91 Å². The van der Waals surface area contributed by atoms with E-state index in [0.29, 0.717) is 27.9 Å². The highest BCUT2D eigenvalue weighted by Crippen LogP contribution is 2.32. The highest BCUT2D eigenvalue weighted by molar-refractivity contribution is 7.13. The molecule has 122 valence electrons. The van der Waals surface area contributed by atoms with Gasteiger partial charge < -0.3 is 15.4 Å². The van der Waals surface area contributed by atoms with E-state index in [0.717, 1.165) is 4.88 Å². The van der Waals surface area contributed by atoms with E-state index in [2.05, 4.69) is 10.6 Å². The monoisotopic (exact) mass is 352 g/mol. The van der Waals surface area contributed by atoms with Gasteiger partial charge in [0.15, 0.2) is 5.75 Å². The van der Waals surface area contributed by atoms with Crippen LogP contribution in [0.15, 0.2) is 30.3 Å². The van der Waals surface area contributed by atoms with Crippen molar-refractivity contribution < 1.29 is 14.3 Å². The number of benzene rings is 1. The Bertz CT molecular complexity index is 715. The van der Waals surface area contributed by atoms with E-state index in [9.17, 15) is 9.59 Å². The molecular formula is C16H17ClN2O3S. The van der Waals surface area contributed by atoms with Gasteiger partial charge in [0.1, 0.15) is 0 Å². The van der Waals surface area contributed by atoms with Gasteiger partial charge in [-0.1, -0.05) is 17.7 Å². The fraction of sp³-hybridized carbons (Fsp3) is 0.250. The highest BCUT2D eigenvalue weighted by Gasteiger charge is 2.13. The van der Waals surface area contributed by atoms with Gasteiger partial charge >= 0.3 is 0 Å². The second-order valence-corrected chi connectivity index (χ2v) is 6.39. The number of carbonyl (C=O) groups is 2. The molecule has 5 nitrogen and oxygen atoms in total. The molecular weight excluding hydrogens is 336 g/mol. The molecule has 23 heavy (non-hydrogen) atoms. The first-order valence-electron chi connectivity index (χ1n) is 7.07. The predicted molar refractivity (Wildman–Crippen MR) is 92.6 cm³/mol. The molecule has 0 aliphatic rings. The van der Waals surface area contributed by atoms with Crippen molar-refractivity contribution in [3.63, 3.8) is 0 Å². The Kier molecular flexibility index (Phi) is 6.01. The number of halogens is 1. The van der Waals surface area contributed by atoms with Crippen LogP contribution in [-0.2, 0) is 4.79 Å². The first-order chi connectivity index (χ1) is 11.0. The van der Waals surface area contributed by atoms with Crippen LogP contribution in [-0.4, -0.2) is 25.0 Å². The molecule has 0 atom stereocenters. The van der Waals surface area contributed by atoms with Gasteiger partial charge in [-0.2, -0.15) is 0 Å². The Morgan fingerprint density at radius 2 is 2.04 bits per heavy atom. The van der Waals surface area contributed by atoms with Crippen molar-refractivity contribution in [1.29, 1.82) is 0 Å². The maximum atomic E-state index is 12.0. The van der Waals surface area contributed by atoms with Gasteiger partial charge in [-0.3, -0.25) is 9.59 Å². The third-order valence-corrected chi connectivity index (χ3v) is 4.20. The van der Waals surface area contributed by atoms with E-state index in [1.54, 1.807) is 24.3 Å². The molecule has 1 aromatic carbocycles. The normalized spacial score (nSPS) is 10.2. The number of thiophene rings is 1. The number of para-hydroxylation sites is 1. The Balaban J connectivity index is 1.95. The predicted octanol–water partition coefficient (Wildman–Crippen LogP) is 3.48. The molecule has 0 unspecified atom stereocenters. The van der Waals surface area contributed by atoms with Crippen LogP contribution in [0.1, 0.15) is 21.5 Å². The summed E-state index contributed by atoms with van der Waals surface area (Å²) in [6, 6.07) is 8.69. The molecule has 0 aliphatic heterocycles. The van der Waals surface area contributed by atoms with Gasteiger partial charge in [0.2, 0.25) is 5.91 Å². The third kappa shape index (κ3) is 4.71. The van der Waals surface area contributed by atoms with Gasteiger partial charge in [0, 0.05) is 4.88 Å². The number of rotatable bonds is 6. The van der Waals surface area contributed by atoms with Crippen molar-refractivity contribution in [3.05, 3.63) is 45.1 Å². The van der Waals surface area contributed by atoms with Crippen molar-refractivity contribution in [2.45, 2.75) is 13.8 Å². The first kappa shape index (κ1) is 17.3. The Morgan fingerprint density at radius 3 is 2.70 bits per heavy atom. The summed E-state index contributed by atoms with van der Waals surface area (Å²) in [6.07, 6.45) is 0. The van der Waals surface area contributed by atoms with Gasteiger partial charge in [0.05, 0.1) is 28.7 Å². The molecule has 2 amide bonds. The van der Waals surface area contributed by atoms with Crippen LogP contribution in [0.5, 0.6) is 5.75 Å². The summed E-state index contributed by atoms with van der Waals surface area (Å²) >= 11 is 7.44. The van der Waals surface area contributed by atoms with E-state index in [1.165, 1.54) is 11.3 Å². The third-order valence-electron chi connectivity index (χ3n) is 2.90. The molecule has 2 N–H and O–H groups in total. The van der Waals surface area contributed by atoms with Crippen LogP contribution in [0.4, 0.5) is 5.69 Å². The van der Waals surface area contributed by atoms with Gasteiger partial charge in [-0.05, 0) is 38.1 Å². The van der Waals surface area contributed by atoms with Crippen molar-refractivity contribution in [1.82, 2.24) is 5.32 Å². The number of amides is 2. The van der Waals surface area contributed by atoms with Crippen molar-refractivity contribution in [2.24, 2.45) is 0 Å². The summed E-state index contributed by atoms with van der Waals surface area (Å²) in [6.45, 7) is 4.05. The summed E-state index contributed by atoms with van der Waals surface area (Å²) in [5, 5.41) is 5.69. The number of carbonyl (C=O) groups excluding carboxylic acids is 2. The van der Waals surface area contributed by atoms with Crippen molar-refractivity contribution in [3.8, 4) is 5.75 Å². The summed E-state index contributed by atoms with van der Waals surface area (Å²) < 4.78 is 5.43. The van der Waals surface area contributed by atoms with Crippen molar-refractivity contribution in [2.75, 3.05) is 18.5 Å². The van der Waals surface area contributed by atoms with Crippen LogP contribution in [0.3, 0.4) is 0 Å². The largest absolute Gasteiger partial charge is 0.490 e. The highest BCUT2D eigenvalue weighted by atomic mass is 35.5. The van der Waals surface area contributed by atoms with Crippen LogP contribution >= 0.6 is 22.9 Å². The lowest BCUT2D eigenvalue weighted by molar-refractivity contribution is -0.115. The quantitative estimate of drug-likeness (QED) is 0.836. The lowest BCUT2D eigenvalue weighted by atomic mass is 10.3. The Hall–Kier alpha value is -2.05. The van der Waals surface area contributed by atoms with E-state index in [1.807, 2.05) is 19.9 Å².